The summed E-state index contributed by atoms with van der Waals surface area (Å²) >= 11 is 0. The Bertz CT molecular complexity index is 621. The number of nitrogens with zero attached hydrogens (tertiary/aromatic N) is 1. The van der Waals surface area contributed by atoms with Crippen LogP contribution in [0.4, 0.5) is 22.0 Å². The summed E-state index contributed by atoms with van der Waals surface area (Å²) in [6.45, 7) is 0. The number of aromatic nitrogens is 1. The molecule has 3 rings (SSSR count). The van der Waals surface area contributed by atoms with E-state index >= 15 is 0 Å². The highest BCUT2D eigenvalue weighted by Crippen LogP contribution is 2.48. The van der Waals surface area contributed by atoms with E-state index in [0.29, 0.717) is 11.3 Å². The van der Waals surface area contributed by atoms with E-state index in [1.54, 1.807) is 6.07 Å². The minimum absolute atomic E-state index is 0.0196. The molecule has 0 amide bonds. The smallest absolute Gasteiger partial charge is 0.423 e. The van der Waals surface area contributed by atoms with E-state index in [1.165, 1.54) is 6.20 Å². The minimum Gasteiger partial charge on any atom is -0.423 e. The van der Waals surface area contributed by atoms with Gasteiger partial charge in [-0.1, -0.05) is 0 Å². The predicted octanol–water partition coefficient (Wildman–Crippen LogP) is 3.11. The van der Waals surface area contributed by atoms with Crippen LogP contribution in [0.15, 0.2) is 12.3 Å². The molecule has 138 valence electrons. The van der Waals surface area contributed by atoms with Gasteiger partial charge >= 0.3 is 13.3 Å². The monoisotopic (exact) mass is 363 g/mol. The molecule has 0 bridgehead atoms. The van der Waals surface area contributed by atoms with Gasteiger partial charge in [0, 0.05) is 36.1 Å². The number of hydrogen-bond donors (Lipinski definition) is 2. The van der Waals surface area contributed by atoms with Crippen molar-refractivity contribution < 1.29 is 32.0 Å². The molecule has 0 unspecified atom stereocenters. The van der Waals surface area contributed by atoms with E-state index < -0.39 is 31.1 Å². The van der Waals surface area contributed by atoms with Gasteiger partial charge in [-0.3, -0.25) is 4.98 Å². The molecular weight excluding hydrogens is 344 g/mol. The molecule has 0 radical (unpaired) electrons. The van der Waals surface area contributed by atoms with Crippen molar-refractivity contribution in [3.05, 3.63) is 23.5 Å². The van der Waals surface area contributed by atoms with Crippen LogP contribution < -0.4 is 5.46 Å². The summed E-state index contributed by atoms with van der Waals surface area (Å²) in [6.07, 6.45) is -3.07. The van der Waals surface area contributed by atoms with Gasteiger partial charge in [-0.05, 0) is 43.2 Å². The van der Waals surface area contributed by atoms with E-state index in [2.05, 4.69) is 4.98 Å². The topological polar surface area (TPSA) is 53.4 Å². The third-order valence-electron chi connectivity index (χ3n) is 5.41. The van der Waals surface area contributed by atoms with Gasteiger partial charge in [-0.25, -0.2) is 8.78 Å². The average Bonchev–Trinajstić information content (AvgIpc) is 2.51. The van der Waals surface area contributed by atoms with Crippen LogP contribution in [0.1, 0.15) is 61.6 Å². The molecule has 0 spiro atoms. The van der Waals surface area contributed by atoms with Gasteiger partial charge in [-0.15, -0.1) is 0 Å². The molecule has 0 aromatic carbocycles. The molecule has 2 aliphatic carbocycles. The molecule has 2 saturated carbocycles. The van der Waals surface area contributed by atoms with Crippen LogP contribution in [0, 0.1) is 5.92 Å². The van der Waals surface area contributed by atoms with Crippen molar-refractivity contribution in [1.82, 2.24) is 4.98 Å². The molecule has 1 aromatic rings. The highest BCUT2D eigenvalue weighted by molar-refractivity contribution is 6.59. The Labute approximate surface area is 142 Å². The summed E-state index contributed by atoms with van der Waals surface area (Å²) < 4.78 is 64.6. The Morgan fingerprint density at radius 1 is 1.04 bits per heavy atom. The molecule has 0 atom stereocenters. The quantitative estimate of drug-likeness (QED) is 0.641. The molecule has 2 fully saturated rings. The van der Waals surface area contributed by atoms with Crippen LogP contribution in [0.2, 0.25) is 0 Å². The van der Waals surface area contributed by atoms with E-state index in [-0.39, 0.29) is 49.9 Å². The van der Waals surface area contributed by atoms with E-state index in [4.69, 9.17) is 0 Å². The third kappa shape index (κ3) is 3.97. The fraction of sp³-hybridized carbons (Fsp3) is 0.688. The first-order valence-electron chi connectivity index (χ1n) is 8.37. The average molecular weight is 363 g/mol. The van der Waals surface area contributed by atoms with Crippen LogP contribution in [0.3, 0.4) is 0 Å². The lowest BCUT2D eigenvalue weighted by Crippen LogP contribution is -2.38. The van der Waals surface area contributed by atoms with Gasteiger partial charge in [0.2, 0.25) is 5.92 Å². The van der Waals surface area contributed by atoms with Gasteiger partial charge in [0.1, 0.15) is 0 Å². The van der Waals surface area contributed by atoms with Crippen molar-refractivity contribution in [3.63, 3.8) is 0 Å². The summed E-state index contributed by atoms with van der Waals surface area (Å²) in [4.78, 5) is 4.06. The van der Waals surface area contributed by atoms with Crippen molar-refractivity contribution in [3.8, 4) is 0 Å². The second kappa shape index (κ2) is 6.50. The summed E-state index contributed by atoms with van der Waals surface area (Å²) in [5, 5.41) is 19.0. The Hall–Kier alpha value is -1.22. The first kappa shape index (κ1) is 18.6. The standard InChI is InChI=1S/C16H19BF5NO2/c18-15(19)6-10(7-15)14-5-12(13(8-23-14)17(24)25)9-1-3-11(4-2-9)16(20,21)22/h5,8-11,24-25H,1-4,6-7H2. The second-order valence-electron chi connectivity index (χ2n) is 7.16. The molecule has 1 aromatic heterocycles. The van der Waals surface area contributed by atoms with Crippen LogP contribution in [-0.4, -0.2) is 34.2 Å². The van der Waals surface area contributed by atoms with Crippen LogP contribution in [0.5, 0.6) is 0 Å². The van der Waals surface area contributed by atoms with Gasteiger partial charge < -0.3 is 10.0 Å². The van der Waals surface area contributed by atoms with Crippen molar-refractivity contribution in [2.45, 2.75) is 62.5 Å². The normalized spacial score (nSPS) is 27.0. The largest absolute Gasteiger partial charge is 0.490 e. The first-order valence-corrected chi connectivity index (χ1v) is 8.37. The van der Waals surface area contributed by atoms with Crippen LogP contribution >= 0.6 is 0 Å². The van der Waals surface area contributed by atoms with Crippen molar-refractivity contribution in [2.24, 2.45) is 5.92 Å². The van der Waals surface area contributed by atoms with Crippen molar-refractivity contribution in [1.29, 1.82) is 0 Å². The zero-order valence-corrected chi connectivity index (χ0v) is 13.4. The van der Waals surface area contributed by atoms with Gasteiger partial charge in [0.25, 0.3) is 0 Å². The lowest BCUT2D eigenvalue weighted by atomic mass is 9.69. The number of hydrogen-bond acceptors (Lipinski definition) is 3. The maximum atomic E-state index is 13.1. The lowest BCUT2D eigenvalue weighted by molar-refractivity contribution is -0.182. The predicted molar refractivity (Wildman–Crippen MR) is 81.7 cm³/mol. The maximum absolute atomic E-state index is 13.1. The zero-order chi connectivity index (χ0) is 18.4. The lowest BCUT2D eigenvalue weighted by Gasteiger charge is -2.35. The van der Waals surface area contributed by atoms with Crippen molar-refractivity contribution >= 4 is 12.6 Å². The minimum atomic E-state index is -4.22. The number of halogens is 5. The van der Waals surface area contributed by atoms with Crippen LogP contribution in [0.25, 0.3) is 0 Å². The van der Waals surface area contributed by atoms with E-state index in [0.717, 1.165) is 0 Å². The Balaban J connectivity index is 1.79. The van der Waals surface area contributed by atoms with Gasteiger partial charge in [0.15, 0.2) is 0 Å². The number of alkyl halides is 5. The fourth-order valence-electron chi connectivity index (χ4n) is 3.89. The third-order valence-corrected chi connectivity index (χ3v) is 5.41. The summed E-state index contributed by atoms with van der Waals surface area (Å²) in [7, 11) is -1.79. The molecule has 3 nitrogen and oxygen atoms in total. The second-order valence-corrected chi connectivity index (χ2v) is 7.16. The molecule has 2 aliphatic rings. The maximum Gasteiger partial charge on any atom is 0.490 e. The molecule has 1 heterocycles. The summed E-state index contributed by atoms with van der Waals surface area (Å²) in [6, 6.07) is 1.58. The molecule has 25 heavy (non-hydrogen) atoms. The Morgan fingerprint density at radius 2 is 1.64 bits per heavy atom. The molecular formula is C16H19BF5NO2. The molecule has 0 aliphatic heterocycles. The SMILES string of the molecule is OB(O)c1cnc(C2CC(F)(F)C2)cc1C1CCC(C(F)(F)F)CC1. The Morgan fingerprint density at radius 3 is 2.12 bits per heavy atom. The summed E-state index contributed by atoms with van der Waals surface area (Å²) in [5.74, 6) is -4.69. The highest BCUT2D eigenvalue weighted by Gasteiger charge is 2.47. The van der Waals surface area contributed by atoms with Crippen molar-refractivity contribution in [2.75, 3.05) is 0 Å². The van der Waals surface area contributed by atoms with E-state index in [1.807, 2.05) is 0 Å². The Kier molecular flexibility index (Phi) is 4.83. The molecule has 0 saturated heterocycles. The summed E-state index contributed by atoms with van der Waals surface area (Å²) in [5.41, 5.74) is 1.12. The zero-order valence-electron chi connectivity index (χ0n) is 13.4. The fourth-order valence-corrected chi connectivity index (χ4v) is 3.89. The van der Waals surface area contributed by atoms with Crippen LogP contribution in [-0.2, 0) is 0 Å². The molecule has 2 N–H and O–H groups in total. The number of rotatable bonds is 3. The number of pyridine rings is 1. The molecule has 9 heteroatoms. The van der Waals surface area contributed by atoms with E-state index in [9.17, 15) is 32.0 Å². The van der Waals surface area contributed by atoms with Gasteiger partial charge in [0.05, 0.1) is 5.92 Å². The van der Waals surface area contributed by atoms with Gasteiger partial charge in [-0.2, -0.15) is 13.2 Å². The highest BCUT2D eigenvalue weighted by atomic mass is 19.4. The first-order chi connectivity index (χ1) is 11.6.